The van der Waals surface area contributed by atoms with E-state index in [2.05, 4.69) is 10.6 Å². The zero-order valence-electron chi connectivity index (χ0n) is 7.41. The summed E-state index contributed by atoms with van der Waals surface area (Å²) in [6.45, 7) is 2.06. The Morgan fingerprint density at radius 1 is 1.50 bits per heavy atom. The van der Waals surface area contributed by atoms with Crippen LogP contribution in [-0.4, -0.2) is 31.3 Å². The van der Waals surface area contributed by atoms with Crippen LogP contribution >= 0.6 is 0 Å². The highest BCUT2D eigenvalue weighted by atomic mass is 19.1. The van der Waals surface area contributed by atoms with Crippen LogP contribution in [0.2, 0.25) is 0 Å². The number of hydrogen-bond acceptors (Lipinski definition) is 2. The maximum absolute atomic E-state index is 13.8. The molecule has 0 aromatic rings. The minimum absolute atomic E-state index is 0.534. The fourth-order valence-corrected chi connectivity index (χ4v) is 1.70. The summed E-state index contributed by atoms with van der Waals surface area (Å²) in [7, 11) is 0. The van der Waals surface area contributed by atoms with Crippen LogP contribution in [0.25, 0.3) is 0 Å². The van der Waals surface area contributed by atoms with Crippen LogP contribution in [0.4, 0.5) is 4.39 Å². The normalized spacial score (nSPS) is 36.8. The molecule has 1 aliphatic heterocycles. The highest BCUT2D eigenvalue weighted by molar-refractivity contribution is 4.91. The van der Waals surface area contributed by atoms with Crippen molar-refractivity contribution in [1.82, 2.24) is 10.6 Å². The van der Waals surface area contributed by atoms with Crippen molar-refractivity contribution in [2.24, 2.45) is 0 Å². The highest BCUT2D eigenvalue weighted by Crippen LogP contribution is 2.23. The molecule has 12 heavy (non-hydrogen) atoms. The van der Waals surface area contributed by atoms with Crippen LogP contribution in [0, 0.1) is 0 Å². The molecule has 2 aliphatic rings. The molecular formula is C9H17FN2. The maximum atomic E-state index is 13.8. The molecule has 1 saturated carbocycles. The van der Waals surface area contributed by atoms with Gasteiger partial charge in [0.05, 0.1) is 0 Å². The smallest absolute Gasteiger partial charge is 0.135 e. The molecule has 3 heteroatoms. The van der Waals surface area contributed by atoms with E-state index in [-0.39, 0.29) is 0 Å². The third kappa shape index (κ3) is 2.17. The van der Waals surface area contributed by atoms with Crippen molar-refractivity contribution >= 4 is 0 Å². The summed E-state index contributed by atoms with van der Waals surface area (Å²) in [5.41, 5.74) is -0.971. The molecule has 0 aromatic carbocycles. The number of hydrogen-bond donors (Lipinski definition) is 2. The monoisotopic (exact) mass is 172 g/mol. The summed E-state index contributed by atoms with van der Waals surface area (Å²) >= 11 is 0. The minimum Gasteiger partial charge on any atom is -0.313 e. The molecule has 2 N–H and O–H groups in total. The molecule has 1 unspecified atom stereocenters. The summed E-state index contributed by atoms with van der Waals surface area (Å²) in [6, 6.07) is 0.625. The lowest BCUT2D eigenvalue weighted by Crippen LogP contribution is -2.49. The molecule has 2 nitrogen and oxygen atoms in total. The number of halogens is 1. The lowest BCUT2D eigenvalue weighted by atomic mass is 9.96. The van der Waals surface area contributed by atoms with E-state index in [0.717, 1.165) is 19.4 Å². The predicted octanol–water partition coefficient (Wildman–Crippen LogP) is 0.830. The molecule has 1 saturated heterocycles. The summed E-state index contributed by atoms with van der Waals surface area (Å²) in [4.78, 5) is 0. The van der Waals surface area contributed by atoms with Crippen LogP contribution in [0.1, 0.15) is 25.7 Å². The topological polar surface area (TPSA) is 24.1 Å². The largest absolute Gasteiger partial charge is 0.313 e. The lowest BCUT2D eigenvalue weighted by molar-refractivity contribution is 0.120. The van der Waals surface area contributed by atoms with Crippen molar-refractivity contribution in [3.63, 3.8) is 0 Å². The lowest BCUT2D eigenvalue weighted by Gasteiger charge is -2.30. The molecule has 1 aliphatic carbocycles. The van der Waals surface area contributed by atoms with Crippen LogP contribution in [0.3, 0.4) is 0 Å². The van der Waals surface area contributed by atoms with Gasteiger partial charge in [-0.25, -0.2) is 4.39 Å². The zero-order valence-corrected chi connectivity index (χ0v) is 7.41. The average molecular weight is 172 g/mol. The molecule has 0 bridgehead atoms. The van der Waals surface area contributed by atoms with Crippen LogP contribution in [0.5, 0.6) is 0 Å². The average Bonchev–Trinajstić information content (AvgIpc) is 2.85. The second kappa shape index (κ2) is 3.30. The van der Waals surface area contributed by atoms with Crippen molar-refractivity contribution in [1.29, 1.82) is 0 Å². The van der Waals surface area contributed by atoms with Crippen molar-refractivity contribution in [3.8, 4) is 0 Å². The minimum atomic E-state index is -0.971. The van der Waals surface area contributed by atoms with Gasteiger partial charge in [-0.1, -0.05) is 0 Å². The highest BCUT2D eigenvalue weighted by Gasteiger charge is 2.33. The van der Waals surface area contributed by atoms with E-state index in [9.17, 15) is 4.39 Å². The Balaban J connectivity index is 1.73. The van der Waals surface area contributed by atoms with E-state index in [0.29, 0.717) is 19.1 Å². The summed E-state index contributed by atoms with van der Waals surface area (Å²) in [5, 5.41) is 6.36. The number of nitrogens with one attached hydrogen (secondary N) is 2. The Morgan fingerprint density at radius 2 is 2.33 bits per heavy atom. The van der Waals surface area contributed by atoms with Crippen LogP contribution in [-0.2, 0) is 0 Å². The van der Waals surface area contributed by atoms with E-state index < -0.39 is 5.67 Å². The molecule has 0 aromatic heterocycles. The molecule has 2 fully saturated rings. The Labute approximate surface area is 72.9 Å². The first-order valence-electron chi connectivity index (χ1n) is 4.92. The van der Waals surface area contributed by atoms with E-state index in [4.69, 9.17) is 0 Å². The quantitative estimate of drug-likeness (QED) is 0.659. The molecule has 70 valence electrons. The second-order valence-electron chi connectivity index (χ2n) is 4.09. The Hall–Kier alpha value is -0.150. The van der Waals surface area contributed by atoms with Gasteiger partial charge in [-0.05, 0) is 32.2 Å². The predicted molar refractivity (Wildman–Crippen MR) is 47.0 cm³/mol. The van der Waals surface area contributed by atoms with Crippen molar-refractivity contribution < 1.29 is 4.39 Å². The van der Waals surface area contributed by atoms with Crippen molar-refractivity contribution in [3.05, 3.63) is 0 Å². The van der Waals surface area contributed by atoms with Gasteiger partial charge in [0.2, 0.25) is 0 Å². The fourth-order valence-electron chi connectivity index (χ4n) is 1.70. The van der Waals surface area contributed by atoms with Gasteiger partial charge in [-0.15, -0.1) is 0 Å². The van der Waals surface area contributed by atoms with E-state index in [1.165, 1.54) is 12.8 Å². The summed E-state index contributed by atoms with van der Waals surface area (Å²) in [6.07, 6.45) is 4.18. The number of alkyl halides is 1. The number of piperidine rings is 1. The number of rotatable bonds is 3. The van der Waals surface area contributed by atoms with E-state index in [1.54, 1.807) is 0 Å². The van der Waals surface area contributed by atoms with E-state index in [1.807, 2.05) is 0 Å². The van der Waals surface area contributed by atoms with Gasteiger partial charge in [0, 0.05) is 19.1 Å². The first kappa shape index (κ1) is 8.45. The van der Waals surface area contributed by atoms with Crippen molar-refractivity contribution in [2.45, 2.75) is 37.4 Å². The van der Waals surface area contributed by atoms with Gasteiger partial charge in [0.15, 0.2) is 0 Å². The summed E-state index contributed by atoms with van der Waals surface area (Å²) in [5.74, 6) is 0. The molecule has 0 radical (unpaired) electrons. The Morgan fingerprint density at radius 3 is 2.92 bits per heavy atom. The van der Waals surface area contributed by atoms with Crippen LogP contribution in [0.15, 0.2) is 0 Å². The van der Waals surface area contributed by atoms with Gasteiger partial charge in [0.25, 0.3) is 0 Å². The Kier molecular flexibility index (Phi) is 2.33. The van der Waals surface area contributed by atoms with Gasteiger partial charge in [-0.2, -0.15) is 0 Å². The second-order valence-corrected chi connectivity index (χ2v) is 4.09. The van der Waals surface area contributed by atoms with Gasteiger partial charge in [-0.3, -0.25) is 0 Å². The molecule has 0 amide bonds. The molecule has 1 atom stereocenters. The fraction of sp³-hybridized carbons (Fsp3) is 1.00. The van der Waals surface area contributed by atoms with Crippen molar-refractivity contribution in [2.75, 3.05) is 19.6 Å². The SMILES string of the molecule is FC1(CNC2CC2)CCCNC1. The Bertz CT molecular complexity index is 151. The first-order valence-corrected chi connectivity index (χ1v) is 4.92. The standard InChI is InChI=1S/C9H17FN2/c10-9(4-1-5-11-6-9)7-12-8-2-3-8/h8,11-12H,1-7H2. The molecule has 1 heterocycles. The maximum Gasteiger partial charge on any atom is 0.135 e. The summed E-state index contributed by atoms with van der Waals surface area (Å²) < 4.78 is 13.8. The zero-order chi connectivity index (χ0) is 8.44. The van der Waals surface area contributed by atoms with Gasteiger partial charge in [0.1, 0.15) is 5.67 Å². The first-order chi connectivity index (χ1) is 5.79. The van der Waals surface area contributed by atoms with Gasteiger partial charge < -0.3 is 10.6 Å². The molecule has 2 rings (SSSR count). The van der Waals surface area contributed by atoms with E-state index >= 15 is 0 Å². The van der Waals surface area contributed by atoms with Crippen LogP contribution < -0.4 is 10.6 Å². The molecule has 0 spiro atoms. The molecular weight excluding hydrogens is 155 g/mol. The third-order valence-electron chi connectivity index (χ3n) is 2.71. The third-order valence-corrected chi connectivity index (χ3v) is 2.71. The van der Waals surface area contributed by atoms with Gasteiger partial charge >= 0.3 is 0 Å².